The Morgan fingerprint density at radius 1 is 1.33 bits per heavy atom. The lowest BCUT2D eigenvalue weighted by Crippen LogP contribution is -2.26. The van der Waals surface area contributed by atoms with Gasteiger partial charge in [0.25, 0.3) is 0 Å². The normalized spacial score (nSPS) is 11.8. The molecule has 2 rings (SSSR count). The number of nitrogens with zero attached hydrogens (tertiary/aromatic N) is 1. The van der Waals surface area contributed by atoms with Crippen LogP contribution in [0.25, 0.3) is 0 Å². The fourth-order valence-electron chi connectivity index (χ4n) is 2.34. The van der Waals surface area contributed by atoms with E-state index in [1.165, 1.54) is 11.3 Å². The van der Waals surface area contributed by atoms with Crippen LogP contribution in [0.5, 0.6) is 5.75 Å². The molecule has 0 radical (unpaired) electrons. The van der Waals surface area contributed by atoms with Crippen LogP contribution in [0, 0.1) is 6.92 Å². The summed E-state index contributed by atoms with van der Waals surface area (Å²) in [6, 6.07) is 5.22. The molecular formula is C18H22N2O3S. The van der Waals surface area contributed by atoms with Crippen LogP contribution in [0.1, 0.15) is 53.7 Å². The van der Waals surface area contributed by atoms with Crippen molar-refractivity contribution in [3.05, 3.63) is 45.9 Å². The zero-order valence-electron chi connectivity index (χ0n) is 14.2. The van der Waals surface area contributed by atoms with Crippen LogP contribution in [-0.2, 0) is 4.79 Å². The molecule has 1 heterocycles. The fourth-order valence-corrected chi connectivity index (χ4v) is 2.98. The summed E-state index contributed by atoms with van der Waals surface area (Å²) in [6.07, 6.45) is 2.06. The van der Waals surface area contributed by atoms with Crippen molar-refractivity contribution in [2.45, 2.75) is 39.7 Å². The van der Waals surface area contributed by atoms with Crippen molar-refractivity contribution in [2.75, 3.05) is 6.61 Å². The van der Waals surface area contributed by atoms with Gasteiger partial charge in [0.1, 0.15) is 10.8 Å². The van der Waals surface area contributed by atoms with Crippen LogP contribution in [-0.4, -0.2) is 23.3 Å². The number of ether oxygens (including phenoxy) is 1. The van der Waals surface area contributed by atoms with Gasteiger partial charge in [0.05, 0.1) is 12.6 Å². The molecule has 0 aliphatic rings. The second-order valence-corrected chi connectivity index (χ2v) is 6.42. The number of carbonyl (C=O) groups is 2. The highest BCUT2D eigenvalue weighted by Gasteiger charge is 2.14. The monoisotopic (exact) mass is 346 g/mol. The predicted molar refractivity (Wildman–Crippen MR) is 94.6 cm³/mol. The van der Waals surface area contributed by atoms with Crippen LogP contribution in [0.3, 0.4) is 0 Å². The Bertz CT molecular complexity index is 698. The Morgan fingerprint density at radius 2 is 2.12 bits per heavy atom. The molecule has 0 spiro atoms. The first kappa shape index (κ1) is 18.1. The van der Waals surface area contributed by atoms with Gasteiger partial charge in [-0.3, -0.25) is 9.59 Å². The molecule has 1 aromatic carbocycles. The zero-order chi connectivity index (χ0) is 17.5. The van der Waals surface area contributed by atoms with Crippen LogP contribution >= 0.6 is 11.3 Å². The Labute approximate surface area is 146 Å². The number of thiazole rings is 1. The van der Waals surface area contributed by atoms with E-state index in [9.17, 15) is 9.59 Å². The third kappa shape index (κ3) is 4.89. The average molecular weight is 346 g/mol. The molecule has 0 saturated heterocycles. The van der Waals surface area contributed by atoms with E-state index >= 15 is 0 Å². The van der Waals surface area contributed by atoms with Gasteiger partial charge in [0.2, 0.25) is 5.91 Å². The van der Waals surface area contributed by atoms with Crippen LogP contribution in [0.2, 0.25) is 0 Å². The summed E-state index contributed by atoms with van der Waals surface area (Å²) in [5.41, 5.74) is 1.53. The smallest absolute Gasteiger partial charge is 0.221 e. The Kier molecular flexibility index (Phi) is 6.49. The van der Waals surface area contributed by atoms with Gasteiger partial charge < -0.3 is 10.1 Å². The molecule has 128 valence electrons. The Balaban J connectivity index is 1.86. The number of aromatic nitrogens is 1. The number of aryl methyl sites for hydroxylation is 1. The van der Waals surface area contributed by atoms with Crippen molar-refractivity contribution >= 4 is 23.0 Å². The molecule has 1 amide bonds. The summed E-state index contributed by atoms with van der Waals surface area (Å²) in [6.45, 7) is 6.30. The summed E-state index contributed by atoms with van der Waals surface area (Å²) in [4.78, 5) is 28.4. The first-order valence-electron chi connectivity index (χ1n) is 7.96. The van der Waals surface area contributed by atoms with Gasteiger partial charge in [0, 0.05) is 30.0 Å². The van der Waals surface area contributed by atoms with Crippen LogP contribution in [0.15, 0.2) is 29.8 Å². The number of amides is 1. The maximum Gasteiger partial charge on any atom is 0.221 e. The van der Waals surface area contributed by atoms with Crippen LogP contribution < -0.4 is 10.1 Å². The van der Waals surface area contributed by atoms with Crippen molar-refractivity contribution in [1.29, 1.82) is 0 Å². The summed E-state index contributed by atoms with van der Waals surface area (Å²) in [5.74, 6) is 0.593. The molecule has 0 unspecified atom stereocenters. The van der Waals surface area contributed by atoms with Crippen molar-refractivity contribution in [1.82, 2.24) is 10.3 Å². The topological polar surface area (TPSA) is 68.3 Å². The minimum absolute atomic E-state index is 0.0433. The van der Waals surface area contributed by atoms with E-state index in [1.807, 2.05) is 32.2 Å². The number of ketones is 1. The second kappa shape index (κ2) is 8.59. The third-order valence-electron chi connectivity index (χ3n) is 3.58. The molecule has 1 N–H and O–H groups in total. The van der Waals surface area contributed by atoms with Crippen molar-refractivity contribution < 1.29 is 14.3 Å². The number of nitrogens with one attached hydrogen (secondary N) is 1. The molecule has 0 aliphatic heterocycles. The maximum absolute atomic E-state index is 12.3. The number of Topliss-reactive ketones (excluding diaryl/α,β-unsaturated/α-hetero) is 1. The van der Waals surface area contributed by atoms with Gasteiger partial charge in [-0.1, -0.05) is 0 Å². The van der Waals surface area contributed by atoms with E-state index in [2.05, 4.69) is 10.3 Å². The molecule has 0 aliphatic carbocycles. The SMILES string of the molecule is CCOc1ccc(C(=O)CCC(=O)N[C@@H](C)c2nccs2)cc1C. The van der Waals surface area contributed by atoms with Gasteiger partial charge >= 0.3 is 0 Å². The van der Waals surface area contributed by atoms with E-state index in [0.29, 0.717) is 12.2 Å². The highest BCUT2D eigenvalue weighted by Crippen LogP contribution is 2.20. The predicted octanol–water partition coefficient (Wildman–Crippen LogP) is 3.69. The molecule has 0 saturated carbocycles. The van der Waals surface area contributed by atoms with Gasteiger partial charge in [0.15, 0.2) is 5.78 Å². The first-order valence-corrected chi connectivity index (χ1v) is 8.84. The maximum atomic E-state index is 12.3. The number of benzene rings is 1. The lowest BCUT2D eigenvalue weighted by Gasteiger charge is -2.11. The molecule has 1 aromatic heterocycles. The molecule has 5 nitrogen and oxygen atoms in total. The van der Waals surface area contributed by atoms with E-state index in [4.69, 9.17) is 4.74 Å². The average Bonchev–Trinajstić information content (AvgIpc) is 3.09. The van der Waals surface area contributed by atoms with Gasteiger partial charge in [-0.2, -0.15) is 0 Å². The highest BCUT2D eigenvalue weighted by molar-refractivity contribution is 7.09. The molecule has 24 heavy (non-hydrogen) atoms. The standard InChI is InChI=1S/C18H22N2O3S/c1-4-23-16-7-5-14(11-12(16)2)15(21)6-8-17(22)20-13(3)18-19-9-10-24-18/h5,7,9-11,13H,4,6,8H2,1-3H3,(H,20,22)/t13-/m0/s1. The lowest BCUT2D eigenvalue weighted by molar-refractivity contribution is -0.121. The molecule has 0 bridgehead atoms. The van der Waals surface area contributed by atoms with E-state index < -0.39 is 0 Å². The summed E-state index contributed by atoms with van der Waals surface area (Å²) in [7, 11) is 0. The minimum atomic E-state index is -0.145. The quantitative estimate of drug-likeness (QED) is 0.740. The van der Waals surface area contributed by atoms with Crippen molar-refractivity contribution in [3.63, 3.8) is 0 Å². The van der Waals surface area contributed by atoms with Gasteiger partial charge in [-0.15, -0.1) is 11.3 Å². The van der Waals surface area contributed by atoms with Crippen LogP contribution in [0.4, 0.5) is 0 Å². The van der Waals surface area contributed by atoms with Crippen molar-refractivity contribution in [2.24, 2.45) is 0 Å². The first-order chi connectivity index (χ1) is 11.5. The number of rotatable bonds is 8. The summed E-state index contributed by atoms with van der Waals surface area (Å²) >= 11 is 1.50. The minimum Gasteiger partial charge on any atom is -0.494 e. The molecular weight excluding hydrogens is 324 g/mol. The highest BCUT2D eigenvalue weighted by atomic mass is 32.1. The number of carbonyl (C=O) groups excluding carboxylic acids is 2. The fraction of sp³-hybridized carbons (Fsp3) is 0.389. The Hall–Kier alpha value is -2.21. The zero-order valence-corrected chi connectivity index (χ0v) is 15.0. The molecule has 6 heteroatoms. The summed E-state index contributed by atoms with van der Waals surface area (Å²) in [5, 5.41) is 5.59. The molecule has 1 atom stereocenters. The Morgan fingerprint density at radius 3 is 2.75 bits per heavy atom. The lowest BCUT2D eigenvalue weighted by atomic mass is 10.0. The van der Waals surface area contributed by atoms with Gasteiger partial charge in [-0.25, -0.2) is 4.98 Å². The number of hydrogen-bond acceptors (Lipinski definition) is 5. The van der Waals surface area contributed by atoms with E-state index in [1.54, 1.807) is 18.3 Å². The molecule has 0 fully saturated rings. The second-order valence-electron chi connectivity index (χ2n) is 5.50. The number of hydrogen-bond donors (Lipinski definition) is 1. The van der Waals surface area contributed by atoms with E-state index in [-0.39, 0.29) is 30.6 Å². The van der Waals surface area contributed by atoms with Gasteiger partial charge in [-0.05, 0) is 44.5 Å². The molecule has 2 aromatic rings. The van der Waals surface area contributed by atoms with Crippen molar-refractivity contribution in [3.8, 4) is 5.75 Å². The van der Waals surface area contributed by atoms with E-state index in [0.717, 1.165) is 16.3 Å². The third-order valence-corrected chi connectivity index (χ3v) is 4.53. The largest absolute Gasteiger partial charge is 0.494 e. The summed E-state index contributed by atoms with van der Waals surface area (Å²) < 4.78 is 5.47.